The minimum Gasteiger partial charge on any atom is -0.384 e. The molecule has 0 radical (unpaired) electrons. The fraction of sp³-hybridized carbons (Fsp3) is 0.571. The molecule has 1 aliphatic rings. The van der Waals surface area contributed by atoms with Gasteiger partial charge in [-0.2, -0.15) is 10.1 Å². The summed E-state index contributed by atoms with van der Waals surface area (Å²) in [5, 5.41) is 10.5. The molecule has 0 bridgehead atoms. The van der Waals surface area contributed by atoms with Gasteiger partial charge in [0.15, 0.2) is 11.6 Å². The topological polar surface area (TPSA) is 123 Å². The van der Waals surface area contributed by atoms with Crippen molar-refractivity contribution in [2.45, 2.75) is 31.7 Å². The molecule has 2 aromatic heterocycles. The largest absolute Gasteiger partial charge is 0.384 e. The molecule has 1 fully saturated rings. The molecule has 3 heterocycles. The molecule has 0 saturated carbocycles. The van der Waals surface area contributed by atoms with E-state index in [1.807, 2.05) is 0 Å². The Hall–Kier alpha value is -2.13. The fourth-order valence-electron chi connectivity index (χ4n) is 2.76. The molecule has 130 valence electrons. The molecule has 2 aromatic rings. The van der Waals surface area contributed by atoms with Crippen LogP contribution in [-0.4, -0.2) is 51.4 Å². The molecule has 1 saturated heterocycles. The molecular formula is C14H19ClN6O3. The van der Waals surface area contributed by atoms with E-state index >= 15 is 0 Å². The van der Waals surface area contributed by atoms with Crippen molar-refractivity contribution < 1.29 is 14.1 Å². The summed E-state index contributed by atoms with van der Waals surface area (Å²) in [5.74, 6) is 0.824. The second-order valence-electron chi connectivity index (χ2n) is 5.60. The van der Waals surface area contributed by atoms with Gasteiger partial charge in [0, 0.05) is 20.1 Å². The van der Waals surface area contributed by atoms with E-state index in [0.29, 0.717) is 31.3 Å². The van der Waals surface area contributed by atoms with E-state index in [1.165, 1.54) is 0 Å². The van der Waals surface area contributed by atoms with Crippen molar-refractivity contribution in [1.82, 2.24) is 25.2 Å². The van der Waals surface area contributed by atoms with Gasteiger partial charge in [-0.1, -0.05) is 16.8 Å². The van der Waals surface area contributed by atoms with Crippen LogP contribution in [-0.2, 0) is 11.2 Å². The lowest BCUT2D eigenvalue weighted by Gasteiger charge is -2.33. The van der Waals surface area contributed by atoms with Gasteiger partial charge in [-0.05, 0) is 19.3 Å². The van der Waals surface area contributed by atoms with Crippen LogP contribution in [0.3, 0.4) is 0 Å². The number of aromatic nitrogens is 4. The van der Waals surface area contributed by atoms with E-state index in [2.05, 4.69) is 20.3 Å². The number of aromatic amines is 1. The van der Waals surface area contributed by atoms with Crippen LogP contribution in [0, 0.1) is 0 Å². The first kappa shape index (κ1) is 16.7. The number of likely N-dealkylation sites (tertiary alicyclic amines) is 1. The molecule has 1 aliphatic heterocycles. The Bertz CT molecular complexity index is 715. The van der Waals surface area contributed by atoms with E-state index < -0.39 is 0 Å². The van der Waals surface area contributed by atoms with Crippen molar-refractivity contribution in [3.63, 3.8) is 0 Å². The van der Waals surface area contributed by atoms with Gasteiger partial charge < -0.3 is 19.9 Å². The number of nitrogens with two attached hydrogens (primary N) is 1. The average molecular weight is 355 g/mol. The second kappa shape index (κ2) is 7.18. The number of anilines is 1. The first-order valence-corrected chi connectivity index (χ1v) is 8.11. The van der Waals surface area contributed by atoms with Crippen molar-refractivity contribution in [3.8, 4) is 0 Å². The van der Waals surface area contributed by atoms with Crippen LogP contribution in [0.5, 0.6) is 0 Å². The maximum Gasteiger partial charge on any atom is 0.274 e. The smallest absolute Gasteiger partial charge is 0.274 e. The highest BCUT2D eigenvalue weighted by atomic mass is 35.5. The lowest BCUT2D eigenvalue weighted by molar-refractivity contribution is 0.0555. The number of hydrogen-bond donors (Lipinski definition) is 2. The van der Waals surface area contributed by atoms with Crippen LogP contribution in [0.15, 0.2) is 4.52 Å². The molecule has 0 spiro atoms. The van der Waals surface area contributed by atoms with Gasteiger partial charge >= 0.3 is 0 Å². The number of rotatable bonds is 5. The summed E-state index contributed by atoms with van der Waals surface area (Å²) in [4.78, 5) is 18.9. The third-order valence-electron chi connectivity index (χ3n) is 4.01. The lowest BCUT2D eigenvalue weighted by Crippen LogP contribution is -2.39. The van der Waals surface area contributed by atoms with Crippen LogP contribution in [0.1, 0.15) is 47.5 Å². The van der Waals surface area contributed by atoms with Gasteiger partial charge in [0.05, 0.1) is 6.61 Å². The number of ether oxygens (including phenoxy) is 1. The third kappa shape index (κ3) is 3.22. The summed E-state index contributed by atoms with van der Waals surface area (Å²) in [6.45, 7) is 1.09. The van der Waals surface area contributed by atoms with Crippen LogP contribution in [0.25, 0.3) is 0 Å². The zero-order valence-corrected chi connectivity index (χ0v) is 14.0. The van der Waals surface area contributed by atoms with Gasteiger partial charge in [0.25, 0.3) is 5.91 Å². The van der Waals surface area contributed by atoms with E-state index in [0.717, 1.165) is 19.3 Å². The van der Waals surface area contributed by atoms with Crippen LogP contribution in [0.2, 0.25) is 5.02 Å². The highest BCUT2D eigenvalue weighted by Gasteiger charge is 2.34. The predicted octanol–water partition coefficient (Wildman–Crippen LogP) is 1.58. The number of hydrogen-bond acceptors (Lipinski definition) is 7. The van der Waals surface area contributed by atoms with E-state index in [1.54, 1.807) is 12.0 Å². The second-order valence-corrected chi connectivity index (χ2v) is 5.98. The summed E-state index contributed by atoms with van der Waals surface area (Å²) in [6.07, 6.45) is 3.18. The lowest BCUT2D eigenvalue weighted by atomic mass is 10.0. The highest BCUT2D eigenvalue weighted by Crippen LogP contribution is 2.32. The van der Waals surface area contributed by atoms with Crippen molar-refractivity contribution in [2.24, 2.45) is 0 Å². The molecule has 10 heteroatoms. The fourth-order valence-corrected chi connectivity index (χ4v) is 2.92. The van der Waals surface area contributed by atoms with E-state index in [-0.39, 0.29) is 28.5 Å². The highest BCUT2D eigenvalue weighted by molar-refractivity contribution is 6.35. The van der Waals surface area contributed by atoms with Crippen molar-refractivity contribution in [2.75, 3.05) is 26.0 Å². The predicted molar refractivity (Wildman–Crippen MR) is 85.5 cm³/mol. The molecule has 9 nitrogen and oxygen atoms in total. The monoisotopic (exact) mass is 354 g/mol. The molecule has 24 heavy (non-hydrogen) atoms. The van der Waals surface area contributed by atoms with Crippen LogP contribution in [0.4, 0.5) is 5.82 Å². The number of nitrogens with one attached hydrogen (secondary N) is 1. The zero-order chi connectivity index (χ0) is 17.1. The number of amides is 1. The molecule has 1 amide bonds. The number of carbonyl (C=O) groups is 1. The Labute approximate surface area is 143 Å². The van der Waals surface area contributed by atoms with Crippen molar-refractivity contribution in [3.05, 3.63) is 22.4 Å². The first-order chi connectivity index (χ1) is 11.6. The molecule has 0 aliphatic carbocycles. The maximum absolute atomic E-state index is 12.8. The average Bonchev–Trinajstić information content (AvgIpc) is 3.20. The van der Waals surface area contributed by atoms with Crippen molar-refractivity contribution in [1.29, 1.82) is 0 Å². The Kier molecular flexibility index (Phi) is 5.00. The van der Waals surface area contributed by atoms with E-state index in [9.17, 15) is 4.79 Å². The first-order valence-electron chi connectivity index (χ1n) is 7.73. The zero-order valence-electron chi connectivity index (χ0n) is 13.3. The molecule has 1 atom stereocenters. The van der Waals surface area contributed by atoms with E-state index in [4.69, 9.17) is 26.6 Å². The number of H-pyrrole nitrogens is 1. The maximum atomic E-state index is 12.8. The third-order valence-corrected chi connectivity index (χ3v) is 4.39. The van der Waals surface area contributed by atoms with Crippen LogP contribution >= 0.6 is 11.6 Å². The van der Waals surface area contributed by atoms with Gasteiger partial charge in [-0.3, -0.25) is 9.89 Å². The summed E-state index contributed by atoms with van der Waals surface area (Å²) < 4.78 is 10.4. The minimum absolute atomic E-state index is 0.105. The quantitative estimate of drug-likeness (QED) is 0.835. The van der Waals surface area contributed by atoms with Gasteiger partial charge in [0.1, 0.15) is 16.8 Å². The SMILES string of the molecule is COCCc1noc(C2CCCCN2C(=O)c2[nH]nc(N)c2Cl)n1. The molecule has 3 rings (SSSR count). The van der Waals surface area contributed by atoms with Gasteiger partial charge in [-0.15, -0.1) is 0 Å². The van der Waals surface area contributed by atoms with Gasteiger partial charge in [-0.25, -0.2) is 0 Å². The molecule has 1 unspecified atom stereocenters. The molecule has 0 aromatic carbocycles. The summed E-state index contributed by atoms with van der Waals surface area (Å²) in [6, 6.07) is -0.282. The van der Waals surface area contributed by atoms with Gasteiger partial charge in [0.2, 0.25) is 5.89 Å². The van der Waals surface area contributed by atoms with Crippen LogP contribution < -0.4 is 5.73 Å². The molecular weight excluding hydrogens is 336 g/mol. The Morgan fingerprint density at radius 1 is 1.54 bits per heavy atom. The Balaban J connectivity index is 1.81. The Morgan fingerprint density at radius 3 is 3.08 bits per heavy atom. The summed E-state index contributed by atoms with van der Waals surface area (Å²) in [7, 11) is 1.61. The van der Waals surface area contributed by atoms with Crippen molar-refractivity contribution >= 4 is 23.3 Å². The summed E-state index contributed by atoms with van der Waals surface area (Å²) in [5.41, 5.74) is 5.79. The number of nitrogens with zero attached hydrogens (tertiary/aromatic N) is 4. The number of piperidine rings is 1. The number of methoxy groups -OCH3 is 1. The number of carbonyl (C=O) groups excluding carboxylic acids is 1. The minimum atomic E-state index is -0.282. The number of nitrogen functional groups attached to an aromatic ring is 1. The summed E-state index contributed by atoms with van der Waals surface area (Å²) >= 11 is 6.05. The molecule has 3 N–H and O–H groups in total. The Morgan fingerprint density at radius 2 is 2.38 bits per heavy atom. The normalized spacial score (nSPS) is 18.1. The number of halogens is 1. The standard InChI is InChI=1S/C14H19ClN6O3/c1-23-7-5-9-17-13(24-20-9)8-4-2-3-6-21(8)14(22)11-10(15)12(16)19-18-11/h8H,2-7H2,1H3,(H3,16,18,19).